The highest BCUT2D eigenvalue weighted by Crippen LogP contribution is 2.18. The molecular formula is C11H15NO2. The molecule has 1 atom stereocenters. The number of aliphatic hydroxyl groups excluding tert-OH is 1. The average molecular weight is 193 g/mol. The lowest BCUT2D eigenvalue weighted by molar-refractivity contribution is 0.0961. The molecule has 0 fully saturated rings. The van der Waals surface area contributed by atoms with Gasteiger partial charge in [-0.25, -0.2) is 0 Å². The Hall–Kier alpha value is -1.35. The lowest BCUT2D eigenvalue weighted by Crippen LogP contribution is -2.20. The van der Waals surface area contributed by atoms with Gasteiger partial charge in [-0.1, -0.05) is 25.1 Å². The predicted molar refractivity (Wildman–Crippen MR) is 55.3 cm³/mol. The number of amides is 1. The second-order valence-electron chi connectivity index (χ2n) is 3.25. The number of hydrogen-bond donors (Lipinski definition) is 2. The fourth-order valence-electron chi connectivity index (χ4n) is 1.37. The Labute approximate surface area is 83.8 Å². The molecule has 14 heavy (non-hydrogen) atoms. The van der Waals surface area contributed by atoms with Crippen LogP contribution in [0.2, 0.25) is 0 Å². The number of hydrogen-bond acceptors (Lipinski definition) is 2. The number of nitrogens with one attached hydrogen (secondary N) is 1. The maximum atomic E-state index is 11.5. The standard InChI is InChI=1S/C11H15NO2/c1-8(7-13)9-5-3-4-6-10(9)11(14)12-2/h3-6,8,13H,7H2,1-2H3,(H,12,14). The van der Waals surface area contributed by atoms with Crippen molar-refractivity contribution in [1.29, 1.82) is 0 Å². The molecule has 1 aromatic rings. The number of rotatable bonds is 3. The van der Waals surface area contributed by atoms with Crippen LogP contribution in [0.4, 0.5) is 0 Å². The molecule has 0 spiro atoms. The molecule has 1 rings (SSSR count). The highest BCUT2D eigenvalue weighted by molar-refractivity contribution is 5.95. The van der Waals surface area contributed by atoms with E-state index in [-0.39, 0.29) is 18.4 Å². The summed E-state index contributed by atoms with van der Waals surface area (Å²) in [7, 11) is 1.60. The lowest BCUT2D eigenvalue weighted by Gasteiger charge is -2.12. The van der Waals surface area contributed by atoms with Crippen molar-refractivity contribution in [2.24, 2.45) is 0 Å². The van der Waals surface area contributed by atoms with Crippen LogP contribution in [0.3, 0.4) is 0 Å². The molecule has 0 bridgehead atoms. The summed E-state index contributed by atoms with van der Waals surface area (Å²) in [4.78, 5) is 11.5. The van der Waals surface area contributed by atoms with Gasteiger partial charge in [0.2, 0.25) is 0 Å². The topological polar surface area (TPSA) is 49.3 Å². The number of benzene rings is 1. The smallest absolute Gasteiger partial charge is 0.251 e. The number of aliphatic hydroxyl groups is 1. The van der Waals surface area contributed by atoms with Gasteiger partial charge in [0.15, 0.2) is 0 Å². The van der Waals surface area contributed by atoms with Gasteiger partial charge in [0.25, 0.3) is 5.91 Å². The number of carbonyl (C=O) groups excluding carboxylic acids is 1. The van der Waals surface area contributed by atoms with Crippen molar-refractivity contribution in [3.8, 4) is 0 Å². The van der Waals surface area contributed by atoms with Crippen LogP contribution in [-0.4, -0.2) is 24.7 Å². The molecule has 0 saturated carbocycles. The minimum absolute atomic E-state index is 0.0106. The zero-order valence-corrected chi connectivity index (χ0v) is 8.45. The molecule has 0 aliphatic rings. The first-order valence-electron chi connectivity index (χ1n) is 4.62. The van der Waals surface area contributed by atoms with Crippen LogP contribution in [-0.2, 0) is 0 Å². The molecule has 3 heteroatoms. The number of carbonyl (C=O) groups is 1. The summed E-state index contributed by atoms with van der Waals surface area (Å²) in [6.07, 6.45) is 0. The Morgan fingerprint density at radius 1 is 1.50 bits per heavy atom. The van der Waals surface area contributed by atoms with Gasteiger partial charge >= 0.3 is 0 Å². The summed E-state index contributed by atoms with van der Waals surface area (Å²) in [6.45, 7) is 1.94. The molecule has 1 unspecified atom stereocenters. The van der Waals surface area contributed by atoms with Gasteiger partial charge in [0.1, 0.15) is 0 Å². The Morgan fingerprint density at radius 2 is 2.14 bits per heavy atom. The third-order valence-corrected chi connectivity index (χ3v) is 2.24. The van der Waals surface area contributed by atoms with Crippen LogP contribution in [0.15, 0.2) is 24.3 Å². The average Bonchev–Trinajstić information content (AvgIpc) is 2.27. The van der Waals surface area contributed by atoms with Crippen molar-refractivity contribution < 1.29 is 9.90 Å². The molecule has 0 aliphatic heterocycles. The maximum Gasteiger partial charge on any atom is 0.251 e. The van der Waals surface area contributed by atoms with E-state index in [1.165, 1.54) is 0 Å². The van der Waals surface area contributed by atoms with Gasteiger partial charge in [-0.2, -0.15) is 0 Å². The fraction of sp³-hybridized carbons (Fsp3) is 0.364. The zero-order chi connectivity index (χ0) is 10.6. The van der Waals surface area contributed by atoms with E-state index < -0.39 is 0 Å². The quantitative estimate of drug-likeness (QED) is 0.756. The molecule has 1 amide bonds. The zero-order valence-electron chi connectivity index (χ0n) is 8.45. The van der Waals surface area contributed by atoms with E-state index >= 15 is 0 Å². The van der Waals surface area contributed by atoms with E-state index in [2.05, 4.69) is 5.32 Å². The lowest BCUT2D eigenvalue weighted by atomic mass is 9.96. The second-order valence-corrected chi connectivity index (χ2v) is 3.25. The summed E-state index contributed by atoms with van der Waals surface area (Å²) >= 11 is 0. The minimum atomic E-state index is -0.110. The Balaban J connectivity index is 3.09. The molecule has 3 nitrogen and oxygen atoms in total. The summed E-state index contributed by atoms with van der Waals surface area (Å²) in [5.74, 6) is -0.121. The van der Waals surface area contributed by atoms with Gasteiger partial charge in [-0.15, -0.1) is 0 Å². The molecule has 1 aromatic carbocycles. The molecule has 76 valence electrons. The van der Waals surface area contributed by atoms with E-state index in [1.807, 2.05) is 25.1 Å². The van der Waals surface area contributed by atoms with Gasteiger partial charge in [-0.3, -0.25) is 4.79 Å². The van der Waals surface area contributed by atoms with E-state index in [0.717, 1.165) is 5.56 Å². The summed E-state index contributed by atoms with van der Waals surface area (Å²) in [6, 6.07) is 7.32. The Bertz CT molecular complexity index is 323. The van der Waals surface area contributed by atoms with E-state index in [9.17, 15) is 4.79 Å². The van der Waals surface area contributed by atoms with Crippen LogP contribution in [0.1, 0.15) is 28.8 Å². The van der Waals surface area contributed by atoms with Gasteiger partial charge in [-0.05, 0) is 11.6 Å². The van der Waals surface area contributed by atoms with Gasteiger partial charge in [0, 0.05) is 25.1 Å². The van der Waals surface area contributed by atoms with E-state index in [0.29, 0.717) is 5.56 Å². The van der Waals surface area contributed by atoms with Crippen LogP contribution >= 0.6 is 0 Å². The first-order valence-corrected chi connectivity index (χ1v) is 4.62. The van der Waals surface area contributed by atoms with Crippen molar-refractivity contribution in [3.05, 3.63) is 35.4 Å². The molecule has 0 heterocycles. The highest BCUT2D eigenvalue weighted by Gasteiger charge is 2.13. The third-order valence-electron chi connectivity index (χ3n) is 2.24. The molecular weight excluding hydrogens is 178 g/mol. The third kappa shape index (κ3) is 2.12. The fourth-order valence-corrected chi connectivity index (χ4v) is 1.37. The van der Waals surface area contributed by atoms with Crippen molar-refractivity contribution in [2.45, 2.75) is 12.8 Å². The van der Waals surface area contributed by atoms with E-state index in [1.54, 1.807) is 13.1 Å². The Kier molecular flexibility index (Phi) is 3.65. The summed E-state index contributed by atoms with van der Waals surface area (Å²) in [5.41, 5.74) is 1.52. The Morgan fingerprint density at radius 3 is 2.71 bits per heavy atom. The van der Waals surface area contributed by atoms with Crippen LogP contribution < -0.4 is 5.32 Å². The molecule has 2 N–H and O–H groups in total. The van der Waals surface area contributed by atoms with Gasteiger partial charge < -0.3 is 10.4 Å². The van der Waals surface area contributed by atoms with Crippen molar-refractivity contribution >= 4 is 5.91 Å². The second kappa shape index (κ2) is 4.77. The molecule has 0 radical (unpaired) electrons. The minimum Gasteiger partial charge on any atom is -0.396 e. The van der Waals surface area contributed by atoms with Crippen LogP contribution in [0, 0.1) is 0 Å². The molecule has 0 aromatic heterocycles. The maximum absolute atomic E-state index is 11.5. The monoisotopic (exact) mass is 193 g/mol. The van der Waals surface area contributed by atoms with Crippen LogP contribution in [0.25, 0.3) is 0 Å². The van der Waals surface area contributed by atoms with E-state index in [4.69, 9.17) is 5.11 Å². The predicted octanol–water partition coefficient (Wildman–Crippen LogP) is 1.14. The highest BCUT2D eigenvalue weighted by atomic mass is 16.3. The van der Waals surface area contributed by atoms with Crippen molar-refractivity contribution in [2.75, 3.05) is 13.7 Å². The first-order chi connectivity index (χ1) is 6.70. The molecule has 0 saturated heterocycles. The van der Waals surface area contributed by atoms with Crippen molar-refractivity contribution in [1.82, 2.24) is 5.32 Å². The summed E-state index contributed by atoms with van der Waals surface area (Å²) < 4.78 is 0. The van der Waals surface area contributed by atoms with Crippen molar-refractivity contribution in [3.63, 3.8) is 0 Å². The van der Waals surface area contributed by atoms with Crippen LogP contribution in [0.5, 0.6) is 0 Å². The molecule has 0 aliphatic carbocycles. The van der Waals surface area contributed by atoms with Gasteiger partial charge in [0.05, 0.1) is 0 Å². The summed E-state index contributed by atoms with van der Waals surface area (Å²) in [5, 5.41) is 11.6. The first kappa shape index (κ1) is 10.7. The SMILES string of the molecule is CNC(=O)c1ccccc1C(C)CO. The largest absolute Gasteiger partial charge is 0.396 e. The normalized spacial score (nSPS) is 12.2.